The Bertz CT molecular complexity index is 1130. The van der Waals surface area contributed by atoms with E-state index < -0.39 is 0 Å². The SMILES string of the molecule is C=C(C)/C(C(=C)CCCNCC(C)C)=C1/C(C2CC2)=CC(c2cc(C#N)ccc2C)=CC1=NC. The minimum Gasteiger partial charge on any atom is -0.316 e. The van der Waals surface area contributed by atoms with Crippen LogP contribution >= 0.6 is 0 Å². The second-order valence-electron chi connectivity index (χ2n) is 10.1. The van der Waals surface area contributed by atoms with Gasteiger partial charge in [-0.3, -0.25) is 4.99 Å². The summed E-state index contributed by atoms with van der Waals surface area (Å²) in [5.74, 6) is 1.20. The zero-order valence-corrected chi connectivity index (χ0v) is 21.6. The number of hydrogen-bond donors (Lipinski definition) is 1. The summed E-state index contributed by atoms with van der Waals surface area (Å²) in [5.41, 5.74) is 11.0. The standard InChI is InChI=1S/C31H39N3/c1-20(2)19-34-14-8-9-23(6)30(21(3)4)31-28(25-12-13-25)16-26(17-29(31)33-7)27-15-24(18-32)11-10-22(27)5/h10-11,15-17,20,25,34H,3,6,8-9,12-14,19H2,1-2,4-5,7H3/b31-30+,33-29?. The van der Waals surface area contributed by atoms with E-state index in [1.165, 1.54) is 29.6 Å². The van der Waals surface area contributed by atoms with Gasteiger partial charge in [0, 0.05) is 12.6 Å². The molecule has 3 rings (SSSR count). The molecule has 0 unspecified atom stereocenters. The lowest BCUT2D eigenvalue weighted by molar-refractivity contribution is 0.543. The van der Waals surface area contributed by atoms with Gasteiger partial charge >= 0.3 is 0 Å². The normalized spacial score (nSPS) is 18.4. The molecule has 3 nitrogen and oxygen atoms in total. The maximum absolute atomic E-state index is 9.43. The molecular formula is C31H39N3. The first kappa shape index (κ1) is 25.7. The third kappa shape index (κ3) is 6.13. The summed E-state index contributed by atoms with van der Waals surface area (Å²) in [7, 11) is 1.87. The van der Waals surface area contributed by atoms with Gasteiger partial charge in [0.2, 0.25) is 0 Å². The average molecular weight is 454 g/mol. The summed E-state index contributed by atoms with van der Waals surface area (Å²) >= 11 is 0. The number of hydrogen-bond acceptors (Lipinski definition) is 3. The van der Waals surface area contributed by atoms with Gasteiger partial charge in [-0.05, 0) is 116 Å². The number of allylic oxidation sites excluding steroid dienone is 8. The predicted octanol–water partition coefficient (Wildman–Crippen LogP) is 7.13. The van der Waals surface area contributed by atoms with Crippen molar-refractivity contribution in [3.63, 3.8) is 0 Å². The highest BCUT2D eigenvalue weighted by Gasteiger charge is 2.34. The molecule has 178 valence electrons. The van der Waals surface area contributed by atoms with Crippen molar-refractivity contribution in [2.75, 3.05) is 20.1 Å². The predicted molar refractivity (Wildman–Crippen MR) is 146 cm³/mol. The molecule has 0 aromatic heterocycles. The largest absolute Gasteiger partial charge is 0.316 e. The topological polar surface area (TPSA) is 48.2 Å². The van der Waals surface area contributed by atoms with Crippen LogP contribution in [-0.4, -0.2) is 25.8 Å². The Hall–Kier alpha value is -2.96. The molecule has 0 radical (unpaired) electrons. The van der Waals surface area contributed by atoms with E-state index in [-0.39, 0.29) is 0 Å². The molecule has 1 aromatic carbocycles. The Kier molecular flexibility index (Phi) is 8.64. The van der Waals surface area contributed by atoms with Crippen LogP contribution in [0.1, 0.15) is 63.1 Å². The quantitative estimate of drug-likeness (QED) is 0.383. The highest BCUT2D eigenvalue weighted by atomic mass is 14.8. The van der Waals surface area contributed by atoms with Gasteiger partial charge in [-0.1, -0.05) is 44.7 Å². The van der Waals surface area contributed by atoms with Gasteiger partial charge in [0.1, 0.15) is 0 Å². The lowest BCUT2D eigenvalue weighted by Gasteiger charge is -2.25. The van der Waals surface area contributed by atoms with Crippen LogP contribution in [0.3, 0.4) is 0 Å². The molecule has 2 aliphatic carbocycles. The second-order valence-corrected chi connectivity index (χ2v) is 10.1. The van der Waals surface area contributed by atoms with Gasteiger partial charge in [-0.25, -0.2) is 0 Å². The molecule has 0 heterocycles. The van der Waals surface area contributed by atoms with Crippen LogP contribution < -0.4 is 5.32 Å². The van der Waals surface area contributed by atoms with Crippen molar-refractivity contribution in [1.29, 1.82) is 5.26 Å². The van der Waals surface area contributed by atoms with Crippen LogP contribution in [0.4, 0.5) is 0 Å². The maximum Gasteiger partial charge on any atom is 0.0991 e. The van der Waals surface area contributed by atoms with E-state index in [0.29, 0.717) is 17.4 Å². The fraction of sp³-hybridized carbons (Fsp3) is 0.419. The van der Waals surface area contributed by atoms with E-state index in [0.717, 1.165) is 59.5 Å². The first-order valence-electron chi connectivity index (χ1n) is 12.5. The monoisotopic (exact) mass is 453 g/mol. The van der Waals surface area contributed by atoms with Crippen LogP contribution in [0.5, 0.6) is 0 Å². The lowest BCUT2D eigenvalue weighted by Crippen LogP contribution is -2.21. The zero-order valence-electron chi connectivity index (χ0n) is 21.6. The summed E-state index contributed by atoms with van der Waals surface area (Å²) in [4.78, 5) is 4.73. The Labute approximate surface area is 206 Å². The van der Waals surface area contributed by atoms with E-state index in [9.17, 15) is 5.26 Å². The summed E-state index contributed by atoms with van der Waals surface area (Å²) < 4.78 is 0. The Balaban J connectivity index is 2.00. The summed E-state index contributed by atoms with van der Waals surface area (Å²) in [6.45, 7) is 19.5. The van der Waals surface area contributed by atoms with Gasteiger partial charge in [0.25, 0.3) is 0 Å². The van der Waals surface area contributed by atoms with Gasteiger partial charge < -0.3 is 5.32 Å². The van der Waals surface area contributed by atoms with E-state index in [1.807, 2.05) is 25.2 Å². The summed E-state index contributed by atoms with van der Waals surface area (Å²) in [6, 6.07) is 8.19. The molecular weight excluding hydrogens is 414 g/mol. The molecule has 0 atom stereocenters. The molecule has 1 aromatic rings. The van der Waals surface area contributed by atoms with Gasteiger partial charge in [0.05, 0.1) is 17.3 Å². The van der Waals surface area contributed by atoms with Crippen LogP contribution in [0, 0.1) is 30.1 Å². The molecule has 0 amide bonds. The van der Waals surface area contributed by atoms with E-state index in [1.54, 1.807) is 0 Å². The van der Waals surface area contributed by atoms with Gasteiger partial charge in [-0.2, -0.15) is 5.26 Å². The number of nitrogens with one attached hydrogen (secondary N) is 1. The van der Waals surface area contributed by atoms with Crippen molar-refractivity contribution >= 4 is 11.3 Å². The van der Waals surface area contributed by atoms with Crippen molar-refractivity contribution < 1.29 is 0 Å². The van der Waals surface area contributed by atoms with Crippen LogP contribution in [0.15, 0.2) is 76.4 Å². The minimum absolute atomic E-state index is 0.546. The molecule has 34 heavy (non-hydrogen) atoms. The molecule has 1 saturated carbocycles. The molecule has 3 heteroatoms. The number of aryl methyl sites for hydroxylation is 1. The minimum atomic E-state index is 0.546. The van der Waals surface area contributed by atoms with Crippen LogP contribution in [0.25, 0.3) is 5.57 Å². The number of nitrogens with zero attached hydrogens (tertiary/aromatic N) is 2. The van der Waals surface area contributed by atoms with Crippen molar-refractivity contribution in [1.82, 2.24) is 5.32 Å². The van der Waals surface area contributed by atoms with Crippen molar-refractivity contribution in [3.8, 4) is 6.07 Å². The van der Waals surface area contributed by atoms with Crippen LogP contribution in [0.2, 0.25) is 0 Å². The number of benzene rings is 1. The molecule has 1 N–H and O–H groups in total. The molecule has 0 aliphatic heterocycles. The molecule has 0 saturated heterocycles. The summed E-state index contributed by atoms with van der Waals surface area (Å²) in [5, 5.41) is 13.0. The fourth-order valence-corrected chi connectivity index (χ4v) is 4.61. The molecule has 0 spiro atoms. The first-order valence-corrected chi connectivity index (χ1v) is 12.5. The van der Waals surface area contributed by atoms with Gasteiger partial charge in [0.15, 0.2) is 0 Å². The Morgan fingerprint density at radius 1 is 1.24 bits per heavy atom. The summed E-state index contributed by atoms with van der Waals surface area (Å²) in [6.07, 6.45) is 8.89. The molecule has 0 bridgehead atoms. The maximum atomic E-state index is 9.43. The Morgan fingerprint density at radius 3 is 2.56 bits per heavy atom. The van der Waals surface area contributed by atoms with Crippen LogP contribution in [-0.2, 0) is 0 Å². The third-order valence-electron chi connectivity index (χ3n) is 6.50. The van der Waals surface area contributed by atoms with Crippen molar-refractivity contribution in [3.05, 3.63) is 88.1 Å². The van der Waals surface area contributed by atoms with E-state index in [2.05, 4.69) is 64.4 Å². The fourth-order valence-electron chi connectivity index (χ4n) is 4.61. The van der Waals surface area contributed by atoms with E-state index in [4.69, 9.17) is 4.99 Å². The highest BCUT2D eigenvalue weighted by molar-refractivity contribution is 6.19. The second kappa shape index (κ2) is 11.4. The average Bonchev–Trinajstić information content (AvgIpc) is 3.64. The highest BCUT2D eigenvalue weighted by Crippen LogP contribution is 2.46. The van der Waals surface area contributed by atoms with Crippen molar-refractivity contribution in [2.24, 2.45) is 16.8 Å². The smallest absolute Gasteiger partial charge is 0.0991 e. The molecule has 1 fully saturated rings. The number of aliphatic imine (C=N–C) groups is 1. The van der Waals surface area contributed by atoms with E-state index >= 15 is 0 Å². The van der Waals surface area contributed by atoms with Crippen molar-refractivity contribution in [2.45, 2.75) is 53.4 Å². The zero-order chi connectivity index (χ0) is 24.8. The lowest BCUT2D eigenvalue weighted by atomic mass is 9.79. The molecule has 2 aliphatic rings. The van der Waals surface area contributed by atoms with Gasteiger partial charge in [-0.15, -0.1) is 0 Å². The number of nitriles is 1. The third-order valence-corrected chi connectivity index (χ3v) is 6.50. The number of rotatable bonds is 10. The first-order chi connectivity index (χ1) is 16.3. The Morgan fingerprint density at radius 2 is 1.97 bits per heavy atom.